The molecule has 4 rings (SSSR count). The van der Waals surface area contributed by atoms with E-state index < -0.39 is 10.0 Å². The van der Waals surface area contributed by atoms with Crippen molar-refractivity contribution in [1.82, 2.24) is 9.80 Å². The van der Waals surface area contributed by atoms with Crippen LogP contribution in [-0.2, 0) is 10.0 Å². The summed E-state index contributed by atoms with van der Waals surface area (Å²) >= 11 is 0. The zero-order valence-corrected chi connectivity index (χ0v) is 17.3. The first-order chi connectivity index (χ1) is 14.0. The summed E-state index contributed by atoms with van der Waals surface area (Å²) in [4.78, 5) is 17.5. The summed E-state index contributed by atoms with van der Waals surface area (Å²) in [7, 11) is -3.63. The fourth-order valence-electron chi connectivity index (χ4n) is 4.22. The predicted molar refractivity (Wildman–Crippen MR) is 113 cm³/mol. The van der Waals surface area contributed by atoms with Crippen LogP contribution in [0.15, 0.2) is 59.5 Å². The Labute approximate surface area is 172 Å². The van der Waals surface area contributed by atoms with Crippen LogP contribution in [0.2, 0.25) is 0 Å². The van der Waals surface area contributed by atoms with E-state index in [2.05, 4.69) is 9.62 Å². The van der Waals surface area contributed by atoms with Crippen molar-refractivity contribution in [2.45, 2.75) is 36.6 Å². The first kappa shape index (κ1) is 19.9. The molecule has 0 aliphatic carbocycles. The number of rotatable bonds is 5. The van der Waals surface area contributed by atoms with Gasteiger partial charge in [0.1, 0.15) is 0 Å². The summed E-state index contributed by atoms with van der Waals surface area (Å²) in [5.74, 6) is 0.0161. The summed E-state index contributed by atoms with van der Waals surface area (Å²) in [5.41, 5.74) is 1.03. The molecule has 0 atom stereocenters. The van der Waals surface area contributed by atoms with Gasteiger partial charge < -0.3 is 9.80 Å². The highest BCUT2D eigenvalue weighted by atomic mass is 32.2. The van der Waals surface area contributed by atoms with Crippen molar-refractivity contribution < 1.29 is 13.2 Å². The average Bonchev–Trinajstić information content (AvgIpc) is 3.29. The molecule has 2 fully saturated rings. The third kappa shape index (κ3) is 4.62. The van der Waals surface area contributed by atoms with Crippen LogP contribution in [0.4, 0.5) is 5.69 Å². The van der Waals surface area contributed by atoms with E-state index >= 15 is 0 Å². The van der Waals surface area contributed by atoms with Crippen LogP contribution in [-0.4, -0.2) is 56.3 Å². The van der Waals surface area contributed by atoms with E-state index in [1.165, 1.54) is 25.9 Å². The summed E-state index contributed by atoms with van der Waals surface area (Å²) < 4.78 is 27.4. The monoisotopic (exact) mass is 413 g/mol. The lowest BCUT2D eigenvalue weighted by Gasteiger charge is -2.36. The lowest BCUT2D eigenvalue weighted by atomic mass is 10.0. The topological polar surface area (TPSA) is 69.7 Å². The maximum absolute atomic E-state index is 12.8. The molecule has 2 heterocycles. The molecule has 0 bridgehead atoms. The van der Waals surface area contributed by atoms with Crippen LogP contribution >= 0.6 is 0 Å². The van der Waals surface area contributed by atoms with Gasteiger partial charge in [-0.25, -0.2) is 8.42 Å². The number of amides is 1. The van der Waals surface area contributed by atoms with Gasteiger partial charge in [-0.2, -0.15) is 0 Å². The quantitative estimate of drug-likeness (QED) is 0.817. The molecule has 154 valence electrons. The van der Waals surface area contributed by atoms with E-state index in [4.69, 9.17) is 0 Å². The van der Waals surface area contributed by atoms with Gasteiger partial charge in [0, 0.05) is 30.4 Å². The number of anilines is 1. The first-order valence-corrected chi connectivity index (χ1v) is 11.7. The van der Waals surface area contributed by atoms with Gasteiger partial charge in [-0.3, -0.25) is 9.52 Å². The summed E-state index contributed by atoms with van der Waals surface area (Å²) in [6.45, 7) is 3.95. The van der Waals surface area contributed by atoms with Crippen LogP contribution in [0.1, 0.15) is 36.0 Å². The minimum atomic E-state index is -3.63. The van der Waals surface area contributed by atoms with Crippen molar-refractivity contribution in [2.24, 2.45) is 0 Å². The second-order valence-electron chi connectivity index (χ2n) is 7.76. The Bertz CT molecular complexity index is 931. The van der Waals surface area contributed by atoms with E-state index in [0.717, 1.165) is 25.9 Å². The van der Waals surface area contributed by atoms with Crippen molar-refractivity contribution in [1.29, 1.82) is 0 Å². The molecule has 0 spiro atoms. The molecule has 2 saturated heterocycles. The molecule has 0 unspecified atom stereocenters. The molecule has 2 aliphatic heterocycles. The Balaban J connectivity index is 1.36. The van der Waals surface area contributed by atoms with Crippen LogP contribution in [0.5, 0.6) is 0 Å². The molecule has 7 heteroatoms. The van der Waals surface area contributed by atoms with Crippen molar-refractivity contribution in [2.75, 3.05) is 30.9 Å². The van der Waals surface area contributed by atoms with E-state index in [1.807, 2.05) is 4.90 Å². The zero-order valence-electron chi connectivity index (χ0n) is 16.5. The molecule has 0 saturated carbocycles. The van der Waals surface area contributed by atoms with E-state index in [-0.39, 0.29) is 10.8 Å². The summed E-state index contributed by atoms with van der Waals surface area (Å²) in [5, 5.41) is 0. The standard InChI is InChI=1S/C22H27N3O3S/c26-22(25-16-12-20(13-17-25)24-14-4-5-15-24)18-8-10-19(11-9-18)23-29(27,28)21-6-2-1-3-7-21/h1-3,6-11,20,23H,4-5,12-17H2. The molecule has 0 radical (unpaired) electrons. The number of sulfonamides is 1. The minimum absolute atomic E-state index is 0.0161. The van der Waals surface area contributed by atoms with E-state index in [0.29, 0.717) is 17.3 Å². The van der Waals surface area contributed by atoms with Crippen LogP contribution < -0.4 is 4.72 Å². The highest BCUT2D eigenvalue weighted by Crippen LogP contribution is 2.23. The van der Waals surface area contributed by atoms with Gasteiger partial charge in [0.2, 0.25) is 0 Å². The molecular weight excluding hydrogens is 386 g/mol. The van der Waals surface area contributed by atoms with Gasteiger partial charge in [0.25, 0.3) is 15.9 Å². The number of nitrogens with zero attached hydrogens (tertiary/aromatic N) is 2. The fourth-order valence-corrected chi connectivity index (χ4v) is 5.30. The largest absolute Gasteiger partial charge is 0.339 e. The van der Waals surface area contributed by atoms with Crippen LogP contribution in [0.3, 0.4) is 0 Å². The second-order valence-corrected chi connectivity index (χ2v) is 9.44. The van der Waals surface area contributed by atoms with Gasteiger partial charge in [-0.05, 0) is 75.2 Å². The Morgan fingerprint density at radius 3 is 2.10 bits per heavy atom. The van der Waals surface area contributed by atoms with Crippen molar-refractivity contribution in [3.8, 4) is 0 Å². The molecule has 2 aromatic carbocycles. The molecule has 0 aromatic heterocycles. The molecule has 6 nitrogen and oxygen atoms in total. The first-order valence-electron chi connectivity index (χ1n) is 10.2. The second kappa shape index (κ2) is 8.55. The molecule has 2 aromatic rings. The highest BCUT2D eigenvalue weighted by molar-refractivity contribution is 7.92. The Morgan fingerprint density at radius 2 is 1.48 bits per heavy atom. The average molecular weight is 414 g/mol. The van der Waals surface area contributed by atoms with Gasteiger partial charge >= 0.3 is 0 Å². The van der Waals surface area contributed by atoms with Gasteiger partial charge in [0.05, 0.1) is 4.90 Å². The molecule has 1 amide bonds. The number of carbonyl (C=O) groups excluding carboxylic acids is 1. The third-order valence-electron chi connectivity index (χ3n) is 5.85. The number of carbonyl (C=O) groups is 1. The predicted octanol–water partition coefficient (Wildman–Crippen LogP) is 3.19. The molecule has 1 N–H and O–H groups in total. The highest BCUT2D eigenvalue weighted by Gasteiger charge is 2.28. The normalized spacial score (nSPS) is 18.7. The Morgan fingerprint density at radius 1 is 0.862 bits per heavy atom. The smallest absolute Gasteiger partial charge is 0.261 e. The molecular formula is C22H27N3O3S. The van der Waals surface area contributed by atoms with E-state index in [9.17, 15) is 13.2 Å². The molecule has 2 aliphatic rings. The maximum atomic E-state index is 12.8. The van der Waals surface area contributed by atoms with Gasteiger partial charge in [-0.1, -0.05) is 18.2 Å². The third-order valence-corrected chi connectivity index (χ3v) is 7.24. The number of nitrogens with one attached hydrogen (secondary N) is 1. The summed E-state index contributed by atoms with van der Waals surface area (Å²) in [6.07, 6.45) is 4.64. The maximum Gasteiger partial charge on any atom is 0.261 e. The number of hydrogen-bond donors (Lipinski definition) is 1. The zero-order chi connectivity index (χ0) is 20.3. The fraction of sp³-hybridized carbons (Fsp3) is 0.409. The number of benzene rings is 2. The lowest BCUT2D eigenvalue weighted by Crippen LogP contribution is -2.45. The SMILES string of the molecule is O=C(c1ccc(NS(=O)(=O)c2ccccc2)cc1)N1CCC(N2CCCC2)CC1. The molecule has 29 heavy (non-hydrogen) atoms. The lowest BCUT2D eigenvalue weighted by molar-refractivity contribution is 0.0644. The number of piperidine rings is 1. The van der Waals surface area contributed by atoms with Crippen molar-refractivity contribution >= 4 is 21.6 Å². The van der Waals surface area contributed by atoms with E-state index in [1.54, 1.807) is 54.6 Å². The van der Waals surface area contributed by atoms with Gasteiger partial charge in [-0.15, -0.1) is 0 Å². The van der Waals surface area contributed by atoms with Crippen molar-refractivity contribution in [3.05, 3.63) is 60.2 Å². The minimum Gasteiger partial charge on any atom is -0.339 e. The van der Waals surface area contributed by atoms with Crippen LogP contribution in [0.25, 0.3) is 0 Å². The number of hydrogen-bond acceptors (Lipinski definition) is 4. The van der Waals surface area contributed by atoms with Crippen molar-refractivity contribution in [3.63, 3.8) is 0 Å². The Hall–Kier alpha value is -2.38. The van der Waals surface area contributed by atoms with Crippen LogP contribution in [0, 0.1) is 0 Å². The summed E-state index contributed by atoms with van der Waals surface area (Å²) in [6, 6.07) is 15.5. The van der Waals surface area contributed by atoms with Gasteiger partial charge in [0.15, 0.2) is 0 Å². The Kier molecular flexibility index (Phi) is 5.87. The number of likely N-dealkylation sites (tertiary alicyclic amines) is 2.